The van der Waals surface area contributed by atoms with Crippen molar-refractivity contribution in [2.75, 3.05) is 25.0 Å². The van der Waals surface area contributed by atoms with Crippen molar-refractivity contribution in [2.45, 2.75) is 25.3 Å². The largest absolute Gasteiger partial charge is 0.451 e. The Labute approximate surface area is 153 Å². The number of carbonyl (C=O) groups is 1. The van der Waals surface area contributed by atoms with Gasteiger partial charge >= 0.3 is 0 Å². The Bertz CT molecular complexity index is 973. The van der Waals surface area contributed by atoms with E-state index in [0.29, 0.717) is 11.7 Å². The lowest BCUT2D eigenvalue weighted by molar-refractivity contribution is -0.886. The third kappa shape index (κ3) is 2.29. The van der Waals surface area contributed by atoms with E-state index in [4.69, 9.17) is 4.42 Å². The minimum Gasteiger partial charge on any atom is -0.451 e. The normalized spacial score (nSPS) is 24.5. The Morgan fingerprint density at radius 2 is 2.04 bits per heavy atom. The average molecular weight is 347 g/mol. The first-order valence-electron chi connectivity index (χ1n) is 9.36. The zero-order valence-corrected chi connectivity index (χ0v) is 15.2. The lowest BCUT2D eigenvalue weighted by Gasteiger charge is -2.34. The molecule has 3 aromatic rings. The van der Waals surface area contributed by atoms with Crippen LogP contribution in [-0.4, -0.2) is 32.1 Å². The number of quaternary nitrogens is 1. The summed E-state index contributed by atoms with van der Waals surface area (Å²) in [5.41, 5.74) is 4.40. The van der Waals surface area contributed by atoms with Gasteiger partial charge in [-0.15, -0.1) is 0 Å². The highest BCUT2D eigenvalue weighted by Gasteiger charge is 2.46. The van der Waals surface area contributed by atoms with E-state index >= 15 is 0 Å². The van der Waals surface area contributed by atoms with E-state index in [9.17, 15) is 4.79 Å². The molecule has 132 valence electrons. The second-order valence-corrected chi connectivity index (χ2v) is 7.76. The van der Waals surface area contributed by atoms with Gasteiger partial charge in [-0.3, -0.25) is 4.79 Å². The van der Waals surface area contributed by atoms with E-state index in [0.717, 1.165) is 36.2 Å². The van der Waals surface area contributed by atoms with Crippen molar-refractivity contribution < 1.29 is 14.1 Å². The maximum absolute atomic E-state index is 13.4. The lowest BCUT2D eigenvalue weighted by Crippen LogP contribution is -3.11. The predicted molar refractivity (Wildman–Crippen MR) is 102 cm³/mol. The number of likely N-dealkylation sites (tertiary alicyclic amines) is 1. The summed E-state index contributed by atoms with van der Waals surface area (Å²) in [6.07, 6.45) is 1.02. The molecule has 3 atom stereocenters. The van der Waals surface area contributed by atoms with Crippen LogP contribution >= 0.6 is 0 Å². The maximum atomic E-state index is 13.4. The lowest BCUT2D eigenvalue weighted by atomic mass is 9.89. The molecule has 5 rings (SSSR count). The van der Waals surface area contributed by atoms with E-state index in [-0.39, 0.29) is 11.9 Å². The molecule has 4 heteroatoms. The zero-order valence-electron chi connectivity index (χ0n) is 15.2. The Balaban J connectivity index is 1.60. The maximum Gasteiger partial charge on any atom is 0.294 e. The number of anilines is 1. The molecule has 1 saturated heterocycles. The number of para-hydroxylation sites is 1. The van der Waals surface area contributed by atoms with Crippen molar-refractivity contribution in [3.05, 3.63) is 65.4 Å². The highest BCUT2D eigenvalue weighted by atomic mass is 16.3. The molecule has 4 nitrogen and oxygen atoms in total. The second kappa shape index (κ2) is 5.71. The summed E-state index contributed by atoms with van der Waals surface area (Å²) in [4.78, 5) is 17.0. The number of carbonyl (C=O) groups excluding carboxylic acids is 1. The molecular weight excluding hydrogens is 324 g/mol. The van der Waals surface area contributed by atoms with E-state index in [1.54, 1.807) is 0 Å². The molecule has 0 radical (unpaired) electrons. The van der Waals surface area contributed by atoms with Gasteiger partial charge in [-0.05, 0) is 30.7 Å². The van der Waals surface area contributed by atoms with Gasteiger partial charge in [-0.2, -0.15) is 0 Å². The van der Waals surface area contributed by atoms with Crippen molar-refractivity contribution in [3.63, 3.8) is 0 Å². The predicted octanol–water partition coefficient (Wildman–Crippen LogP) is 2.77. The van der Waals surface area contributed by atoms with Crippen LogP contribution in [0.1, 0.15) is 34.0 Å². The fraction of sp³-hybridized carbons (Fsp3) is 0.318. The number of amides is 1. The minimum absolute atomic E-state index is 0.0154. The molecule has 0 aliphatic carbocycles. The molecule has 1 fully saturated rings. The molecular formula is C22H23N2O2+. The smallest absolute Gasteiger partial charge is 0.294 e. The van der Waals surface area contributed by atoms with Gasteiger partial charge in [0, 0.05) is 17.5 Å². The second-order valence-electron chi connectivity index (χ2n) is 7.76. The highest BCUT2D eigenvalue weighted by Crippen LogP contribution is 2.44. The van der Waals surface area contributed by atoms with E-state index < -0.39 is 0 Å². The molecule has 0 spiro atoms. The zero-order chi connectivity index (χ0) is 17.8. The summed E-state index contributed by atoms with van der Waals surface area (Å²) < 4.78 is 5.89. The van der Waals surface area contributed by atoms with Crippen LogP contribution in [0, 0.1) is 6.92 Å². The van der Waals surface area contributed by atoms with Crippen LogP contribution in [0.4, 0.5) is 5.69 Å². The van der Waals surface area contributed by atoms with Crippen LogP contribution in [0.2, 0.25) is 0 Å². The average Bonchev–Trinajstić information content (AvgIpc) is 3.20. The van der Waals surface area contributed by atoms with Crippen LogP contribution < -0.4 is 9.80 Å². The van der Waals surface area contributed by atoms with Crippen molar-refractivity contribution in [2.24, 2.45) is 0 Å². The molecule has 1 unspecified atom stereocenters. The van der Waals surface area contributed by atoms with Crippen LogP contribution in [0.15, 0.2) is 52.9 Å². The van der Waals surface area contributed by atoms with Crippen LogP contribution in [-0.2, 0) is 0 Å². The van der Waals surface area contributed by atoms with Crippen molar-refractivity contribution in [1.82, 2.24) is 0 Å². The number of piperidine rings is 1. The fourth-order valence-electron chi connectivity index (χ4n) is 4.67. The van der Waals surface area contributed by atoms with Crippen molar-refractivity contribution in [3.8, 4) is 0 Å². The minimum atomic E-state index is -0.0154. The number of furan rings is 1. The highest BCUT2D eigenvalue weighted by molar-refractivity contribution is 6.08. The standard InChI is InChI=1S/C22H22N2O2/c1-14-7-8-18-16(11-14)17-13-23(2)10-9-19(17)24(18)22(25)21-12-15-5-3-4-6-20(15)26-21/h3-8,11-12,17,19H,9-10,13H2,1-2H3/p+1/t17-,19+/m1/s1. The molecule has 0 bridgehead atoms. The van der Waals surface area contributed by atoms with Gasteiger partial charge in [0.05, 0.1) is 32.1 Å². The number of rotatable bonds is 1. The molecule has 26 heavy (non-hydrogen) atoms. The molecule has 1 N–H and O–H groups in total. The number of hydrogen-bond donors (Lipinski definition) is 1. The summed E-state index contributed by atoms with van der Waals surface area (Å²) in [6, 6.07) is 16.4. The molecule has 1 aromatic heterocycles. The van der Waals surface area contributed by atoms with Gasteiger partial charge in [0.15, 0.2) is 5.76 Å². The Morgan fingerprint density at radius 3 is 2.88 bits per heavy atom. The number of hydrogen-bond acceptors (Lipinski definition) is 2. The van der Waals surface area contributed by atoms with E-state index in [2.05, 4.69) is 32.2 Å². The monoisotopic (exact) mass is 347 g/mol. The molecule has 2 aliphatic heterocycles. The van der Waals surface area contributed by atoms with E-state index in [1.807, 2.05) is 35.2 Å². The Kier molecular flexibility index (Phi) is 3.44. The van der Waals surface area contributed by atoms with E-state index in [1.165, 1.54) is 16.0 Å². The Hall–Kier alpha value is -2.59. The quantitative estimate of drug-likeness (QED) is 0.735. The van der Waals surface area contributed by atoms with Gasteiger partial charge < -0.3 is 14.2 Å². The number of fused-ring (bicyclic) bond motifs is 4. The number of nitrogens with one attached hydrogen (secondary N) is 1. The number of nitrogens with zero attached hydrogens (tertiary/aromatic N) is 1. The van der Waals surface area contributed by atoms with Crippen LogP contribution in [0.25, 0.3) is 11.0 Å². The summed E-state index contributed by atoms with van der Waals surface area (Å²) in [5.74, 6) is 0.829. The van der Waals surface area contributed by atoms with Gasteiger partial charge in [0.1, 0.15) is 5.58 Å². The summed E-state index contributed by atoms with van der Waals surface area (Å²) in [5, 5.41) is 0.976. The first-order chi connectivity index (χ1) is 12.6. The molecule has 3 heterocycles. The number of aryl methyl sites for hydroxylation is 1. The molecule has 0 saturated carbocycles. The summed E-state index contributed by atoms with van der Waals surface area (Å²) in [7, 11) is 2.25. The summed E-state index contributed by atoms with van der Waals surface area (Å²) in [6.45, 7) is 4.29. The Morgan fingerprint density at radius 1 is 1.19 bits per heavy atom. The third-order valence-electron chi connectivity index (χ3n) is 5.93. The van der Waals surface area contributed by atoms with Gasteiger partial charge in [0.2, 0.25) is 0 Å². The first kappa shape index (κ1) is 15.6. The topological polar surface area (TPSA) is 37.9 Å². The number of likely N-dealkylation sites (N-methyl/N-ethyl adjacent to an activating group) is 1. The first-order valence-corrected chi connectivity index (χ1v) is 9.36. The summed E-state index contributed by atoms with van der Waals surface area (Å²) >= 11 is 0. The van der Waals surface area contributed by atoms with Crippen LogP contribution in [0.3, 0.4) is 0 Å². The van der Waals surface area contributed by atoms with Crippen molar-refractivity contribution >= 4 is 22.6 Å². The third-order valence-corrected chi connectivity index (χ3v) is 5.93. The van der Waals surface area contributed by atoms with Gasteiger partial charge in [0.25, 0.3) is 5.91 Å². The SMILES string of the molecule is Cc1ccc2c(c1)[C@H]1C[NH+](C)CC[C@@H]1N2C(=O)c1cc2ccccc2o1. The molecule has 2 aromatic carbocycles. The number of benzene rings is 2. The van der Waals surface area contributed by atoms with Gasteiger partial charge in [-0.1, -0.05) is 35.9 Å². The van der Waals surface area contributed by atoms with Gasteiger partial charge in [-0.25, -0.2) is 0 Å². The van der Waals surface area contributed by atoms with Crippen LogP contribution in [0.5, 0.6) is 0 Å². The fourth-order valence-corrected chi connectivity index (χ4v) is 4.67. The molecule has 1 amide bonds. The van der Waals surface area contributed by atoms with Crippen molar-refractivity contribution in [1.29, 1.82) is 0 Å². The molecule has 2 aliphatic rings.